The van der Waals surface area contributed by atoms with E-state index in [4.69, 9.17) is 4.74 Å². The second-order valence-corrected chi connectivity index (χ2v) is 10.2. The molecule has 2 saturated heterocycles. The SMILES string of the molecule is Cc1cc(OC(=O)NC(C)C)ccc1N1CCCC2(CCN(C3CCC(O)CC3)C2=O)C1. The molecule has 0 aromatic heterocycles. The summed E-state index contributed by atoms with van der Waals surface area (Å²) in [5.41, 5.74) is 1.85. The number of aliphatic hydroxyl groups is 1. The lowest BCUT2D eigenvalue weighted by Crippen LogP contribution is -2.50. The van der Waals surface area contributed by atoms with Crippen molar-refractivity contribution in [3.8, 4) is 5.75 Å². The minimum absolute atomic E-state index is 0.0228. The zero-order valence-electron chi connectivity index (χ0n) is 19.6. The molecule has 176 valence electrons. The maximum absolute atomic E-state index is 13.6. The van der Waals surface area contributed by atoms with Gasteiger partial charge in [-0.3, -0.25) is 4.79 Å². The van der Waals surface area contributed by atoms with E-state index in [1.54, 1.807) is 0 Å². The van der Waals surface area contributed by atoms with E-state index in [1.807, 2.05) is 39.0 Å². The number of hydrogen-bond acceptors (Lipinski definition) is 5. The van der Waals surface area contributed by atoms with Crippen molar-refractivity contribution >= 4 is 17.7 Å². The number of carbonyl (C=O) groups excluding carboxylic acids is 2. The van der Waals surface area contributed by atoms with Crippen LogP contribution in [0.4, 0.5) is 10.5 Å². The molecule has 0 radical (unpaired) electrons. The highest BCUT2D eigenvalue weighted by molar-refractivity contribution is 5.86. The number of likely N-dealkylation sites (tertiary alicyclic amines) is 1. The first kappa shape index (κ1) is 22.9. The number of amides is 2. The summed E-state index contributed by atoms with van der Waals surface area (Å²) in [5.74, 6) is 0.838. The average molecular weight is 444 g/mol. The number of rotatable bonds is 4. The van der Waals surface area contributed by atoms with Gasteiger partial charge in [0.05, 0.1) is 11.5 Å². The third kappa shape index (κ3) is 4.72. The van der Waals surface area contributed by atoms with E-state index in [9.17, 15) is 14.7 Å². The van der Waals surface area contributed by atoms with Crippen LogP contribution in [-0.2, 0) is 4.79 Å². The van der Waals surface area contributed by atoms with Gasteiger partial charge in [-0.25, -0.2) is 4.79 Å². The first-order valence-corrected chi connectivity index (χ1v) is 12.1. The summed E-state index contributed by atoms with van der Waals surface area (Å²) in [5, 5.41) is 12.6. The molecule has 2 amide bonds. The van der Waals surface area contributed by atoms with Crippen LogP contribution in [-0.4, -0.2) is 59.8 Å². The van der Waals surface area contributed by atoms with Gasteiger partial charge in [0.15, 0.2) is 0 Å². The smallest absolute Gasteiger partial charge is 0.410 e. The molecule has 1 atom stereocenters. The molecule has 7 nitrogen and oxygen atoms in total. The van der Waals surface area contributed by atoms with E-state index < -0.39 is 6.09 Å². The number of piperidine rings is 1. The van der Waals surface area contributed by atoms with Crippen LogP contribution in [0.25, 0.3) is 0 Å². The second kappa shape index (κ2) is 9.30. The summed E-state index contributed by atoms with van der Waals surface area (Å²) in [7, 11) is 0. The quantitative estimate of drug-likeness (QED) is 0.743. The molecule has 1 unspecified atom stereocenters. The molecule has 32 heavy (non-hydrogen) atoms. The van der Waals surface area contributed by atoms with Gasteiger partial charge in [0.1, 0.15) is 5.75 Å². The standard InChI is InChI=1S/C25H37N3O4/c1-17(2)26-24(31)32-21-9-10-22(18(3)15-21)27-13-4-11-25(16-27)12-14-28(23(25)30)19-5-7-20(29)8-6-19/h9-10,15,17,19-20,29H,4-8,11-14,16H2,1-3H3,(H,26,31). The highest BCUT2D eigenvalue weighted by Crippen LogP contribution is 2.44. The summed E-state index contributed by atoms with van der Waals surface area (Å²) in [6.07, 6.45) is 5.64. The highest BCUT2D eigenvalue weighted by Gasteiger charge is 2.50. The average Bonchev–Trinajstić information content (AvgIpc) is 3.03. The molecule has 1 aliphatic carbocycles. The van der Waals surface area contributed by atoms with Crippen LogP contribution < -0.4 is 15.0 Å². The Kier molecular flexibility index (Phi) is 6.65. The van der Waals surface area contributed by atoms with E-state index in [-0.39, 0.29) is 23.6 Å². The van der Waals surface area contributed by atoms with Crippen molar-refractivity contribution in [2.24, 2.45) is 5.41 Å². The number of anilines is 1. The lowest BCUT2D eigenvalue weighted by atomic mass is 9.78. The molecular formula is C25H37N3O4. The number of ether oxygens (including phenoxy) is 1. The molecule has 2 heterocycles. The van der Waals surface area contributed by atoms with Crippen molar-refractivity contribution in [3.63, 3.8) is 0 Å². The van der Waals surface area contributed by atoms with Gasteiger partial charge < -0.3 is 25.0 Å². The molecule has 1 spiro atoms. The fourth-order valence-electron chi connectivity index (χ4n) is 5.70. The van der Waals surface area contributed by atoms with Gasteiger partial charge in [0.2, 0.25) is 5.91 Å². The molecule has 2 aliphatic heterocycles. The Balaban J connectivity index is 1.44. The second-order valence-electron chi connectivity index (χ2n) is 10.2. The van der Waals surface area contributed by atoms with E-state index >= 15 is 0 Å². The lowest BCUT2D eigenvalue weighted by Gasteiger charge is -2.42. The zero-order chi connectivity index (χ0) is 22.9. The fraction of sp³-hybridized carbons (Fsp3) is 0.680. The number of nitrogens with one attached hydrogen (secondary N) is 1. The molecule has 3 aliphatic rings. The molecule has 1 aromatic rings. The molecular weight excluding hydrogens is 406 g/mol. The van der Waals surface area contributed by atoms with Gasteiger partial charge in [0, 0.05) is 37.4 Å². The Hall–Kier alpha value is -2.28. The Morgan fingerprint density at radius 2 is 1.94 bits per heavy atom. The molecule has 1 saturated carbocycles. The predicted octanol–water partition coefficient (Wildman–Crippen LogP) is 3.61. The Morgan fingerprint density at radius 3 is 2.62 bits per heavy atom. The number of aryl methyl sites for hydroxylation is 1. The normalized spacial score (nSPS) is 28.5. The summed E-state index contributed by atoms with van der Waals surface area (Å²) in [4.78, 5) is 29.9. The number of nitrogens with zero attached hydrogens (tertiary/aromatic N) is 2. The molecule has 2 N–H and O–H groups in total. The van der Waals surface area contributed by atoms with Gasteiger partial charge in [-0.15, -0.1) is 0 Å². The van der Waals surface area contributed by atoms with Crippen LogP contribution >= 0.6 is 0 Å². The fourth-order valence-corrected chi connectivity index (χ4v) is 5.70. The van der Waals surface area contributed by atoms with E-state index in [0.717, 1.165) is 75.8 Å². The van der Waals surface area contributed by atoms with E-state index in [1.165, 1.54) is 0 Å². The third-order valence-corrected chi connectivity index (χ3v) is 7.36. The number of hydrogen-bond donors (Lipinski definition) is 2. The van der Waals surface area contributed by atoms with Crippen molar-refractivity contribution in [2.75, 3.05) is 24.5 Å². The Labute approximate surface area is 191 Å². The monoisotopic (exact) mass is 443 g/mol. The topological polar surface area (TPSA) is 82.1 Å². The summed E-state index contributed by atoms with van der Waals surface area (Å²) < 4.78 is 5.40. The third-order valence-electron chi connectivity index (χ3n) is 7.36. The first-order valence-electron chi connectivity index (χ1n) is 12.1. The van der Waals surface area contributed by atoms with Crippen LogP contribution in [0.5, 0.6) is 5.75 Å². The van der Waals surface area contributed by atoms with Gasteiger partial charge in [-0.2, -0.15) is 0 Å². The van der Waals surface area contributed by atoms with E-state index in [2.05, 4.69) is 15.1 Å². The van der Waals surface area contributed by atoms with Gasteiger partial charge in [0.25, 0.3) is 0 Å². The van der Waals surface area contributed by atoms with Crippen molar-refractivity contribution in [2.45, 2.75) is 83.9 Å². The molecule has 4 rings (SSSR count). The van der Waals surface area contributed by atoms with Crippen LogP contribution in [0.2, 0.25) is 0 Å². The van der Waals surface area contributed by atoms with Crippen LogP contribution in [0.15, 0.2) is 18.2 Å². The lowest BCUT2D eigenvalue weighted by molar-refractivity contribution is -0.139. The van der Waals surface area contributed by atoms with Crippen molar-refractivity contribution in [1.82, 2.24) is 10.2 Å². The molecule has 7 heteroatoms. The van der Waals surface area contributed by atoms with Gasteiger partial charge in [-0.1, -0.05) is 0 Å². The summed E-state index contributed by atoms with van der Waals surface area (Å²) in [6.45, 7) is 8.33. The minimum Gasteiger partial charge on any atom is -0.410 e. The number of carbonyl (C=O) groups is 2. The Bertz CT molecular complexity index is 850. The van der Waals surface area contributed by atoms with E-state index in [0.29, 0.717) is 11.7 Å². The minimum atomic E-state index is -0.448. The summed E-state index contributed by atoms with van der Waals surface area (Å²) in [6, 6.07) is 6.05. The van der Waals surface area contributed by atoms with Crippen LogP contribution in [0.1, 0.15) is 64.4 Å². The maximum Gasteiger partial charge on any atom is 0.412 e. The first-order chi connectivity index (χ1) is 15.3. The number of aliphatic hydroxyl groups excluding tert-OH is 1. The molecule has 3 fully saturated rings. The van der Waals surface area contributed by atoms with Crippen molar-refractivity contribution < 1.29 is 19.4 Å². The predicted molar refractivity (Wildman–Crippen MR) is 124 cm³/mol. The number of benzene rings is 1. The maximum atomic E-state index is 13.6. The van der Waals surface area contributed by atoms with Crippen molar-refractivity contribution in [1.29, 1.82) is 0 Å². The highest BCUT2D eigenvalue weighted by atomic mass is 16.6. The Morgan fingerprint density at radius 1 is 1.19 bits per heavy atom. The molecule has 0 bridgehead atoms. The summed E-state index contributed by atoms with van der Waals surface area (Å²) >= 11 is 0. The van der Waals surface area contributed by atoms with Crippen LogP contribution in [0.3, 0.4) is 0 Å². The van der Waals surface area contributed by atoms with Gasteiger partial charge >= 0.3 is 6.09 Å². The van der Waals surface area contributed by atoms with Crippen molar-refractivity contribution in [3.05, 3.63) is 23.8 Å². The largest absolute Gasteiger partial charge is 0.412 e. The van der Waals surface area contributed by atoms with Gasteiger partial charge in [-0.05, 0) is 89.5 Å². The zero-order valence-corrected chi connectivity index (χ0v) is 19.6. The van der Waals surface area contributed by atoms with Crippen LogP contribution in [0, 0.1) is 12.3 Å². The molecule has 1 aromatic carbocycles.